The maximum Gasteiger partial charge on any atom is 0.308 e. The van der Waals surface area contributed by atoms with Gasteiger partial charge in [-0.3, -0.25) is 4.79 Å². The van der Waals surface area contributed by atoms with Crippen LogP contribution in [0.15, 0.2) is 23.8 Å². The molecule has 0 aromatic rings. The lowest BCUT2D eigenvalue weighted by molar-refractivity contribution is -0.159. The van der Waals surface area contributed by atoms with Crippen LogP contribution in [-0.2, 0) is 13.7 Å². The fraction of sp³-hybridized carbons (Fsp3) is 0.800. The van der Waals surface area contributed by atoms with Gasteiger partial charge in [-0.25, -0.2) is 0 Å². The van der Waals surface area contributed by atoms with Gasteiger partial charge in [-0.1, -0.05) is 52.8 Å². The average Bonchev–Trinajstić information content (AvgIpc) is 2.59. The maximum absolute atomic E-state index is 12.3. The number of ether oxygens (including phenoxy) is 1. The Hall–Kier alpha value is -0.740. The van der Waals surface area contributed by atoms with Gasteiger partial charge < -0.3 is 8.92 Å². The van der Waals surface area contributed by atoms with Crippen molar-refractivity contribution in [1.29, 1.82) is 0 Å². The van der Waals surface area contributed by atoms with Crippen LogP contribution in [0.4, 0.5) is 0 Å². The number of esters is 1. The quantitative estimate of drug-likeness (QED) is 0.479. The van der Waals surface area contributed by atoms with Gasteiger partial charge in [-0.15, -0.1) is 10.3 Å². The van der Waals surface area contributed by atoms with Gasteiger partial charge in [-0.2, -0.15) is 0 Å². The molecule has 2 aliphatic carbocycles. The zero-order chi connectivity index (χ0) is 21.4. The highest BCUT2D eigenvalue weighted by atomic mass is 32.3. The van der Waals surface area contributed by atoms with E-state index >= 15 is 0 Å². The molecule has 0 N–H and O–H groups in total. The van der Waals surface area contributed by atoms with E-state index in [0.717, 1.165) is 19.3 Å². The summed E-state index contributed by atoms with van der Waals surface area (Å²) < 4.78 is 12.4. The van der Waals surface area contributed by atoms with E-state index < -0.39 is 10.3 Å². The Morgan fingerprint density at radius 1 is 1.17 bits per heavy atom. The van der Waals surface area contributed by atoms with Gasteiger partial charge in [0.2, 0.25) is 0 Å². The number of fused-ring (bicyclic) bond motifs is 1. The molecule has 29 heavy (non-hydrogen) atoms. The zero-order valence-corrected chi connectivity index (χ0v) is 20.4. The van der Waals surface area contributed by atoms with Crippen LogP contribution in [-0.4, -0.2) is 35.4 Å². The van der Waals surface area contributed by atoms with E-state index in [4.69, 9.17) is 8.92 Å². The van der Waals surface area contributed by atoms with Crippen molar-refractivity contribution in [3.8, 4) is 0 Å². The standard InChI is InChI=1S/C25H42O3S/c1-17-8-12-23-19(14-17)10-9-18(2)22(23)13-11-20-15-21(16-24(26)27-20)28-29(6,7)25(3,4)5/h9-10,14,17-18,20-23H,8,11-13,15-16H2,1-7H3/t17-,18?,20-,21?,22?,23+/m1/s1. The first-order valence-electron chi connectivity index (χ1n) is 11.5. The van der Waals surface area contributed by atoms with Crippen molar-refractivity contribution in [3.05, 3.63) is 23.8 Å². The van der Waals surface area contributed by atoms with Crippen molar-refractivity contribution >= 4 is 16.3 Å². The van der Waals surface area contributed by atoms with Gasteiger partial charge in [0.1, 0.15) is 6.10 Å². The Labute approximate surface area is 180 Å². The second-order valence-corrected chi connectivity index (χ2v) is 14.8. The molecule has 3 nitrogen and oxygen atoms in total. The Kier molecular flexibility index (Phi) is 6.95. The van der Waals surface area contributed by atoms with E-state index in [2.05, 4.69) is 65.4 Å². The molecule has 1 heterocycles. The number of carbonyl (C=O) groups excluding carboxylic acids is 1. The normalized spacial score (nSPS) is 36.2. The van der Waals surface area contributed by atoms with Gasteiger partial charge in [-0.05, 0) is 67.4 Å². The second-order valence-electron chi connectivity index (χ2n) is 10.9. The third-order valence-corrected chi connectivity index (χ3v) is 11.2. The molecular weight excluding hydrogens is 380 g/mol. The van der Waals surface area contributed by atoms with Gasteiger partial charge in [0.15, 0.2) is 0 Å². The minimum atomic E-state index is -1.23. The third-order valence-electron chi connectivity index (χ3n) is 7.51. The Bertz CT molecular complexity index is 657. The molecule has 4 heteroatoms. The lowest BCUT2D eigenvalue weighted by atomic mass is 9.66. The zero-order valence-electron chi connectivity index (χ0n) is 19.6. The molecule has 3 rings (SSSR count). The van der Waals surface area contributed by atoms with Gasteiger partial charge in [0.05, 0.1) is 12.5 Å². The molecule has 1 fully saturated rings. The number of carbonyl (C=O) groups is 1. The summed E-state index contributed by atoms with van der Waals surface area (Å²) in [6, 6.07) is 0. The molecule has 6 atom stereocenters. The molecule has 0 radical (unpaired) electrons. The van der Waals surface area contributed by atoms with E-state index in [1.807, 2.05) is 0 Å². The Balaban J connectivity index is 1.61. The Morgan fingerprint density at radius 2 is 1.90 bits per heavy atom. The lowest BCUT2D eigenvalue weighted by Crippen LogP contribution is -2.38. The molecule has 1 aliphatic heterocycles. The summed E-state index contributed by atoms with van der Waals surface area (Å²) in [4.78, 5) is 12.3. The molecule has 0 spiro atoms. The molecule has 0 aromatic carbocycles. The number of hydrogen-bond acceptors (Lipinski definition) is 3. The summed E-state index contributed by atoms with van der Waals surface area (Å²) in [5, 5.41) is 0. The summed E-state index contributed by atoms with van der Waals surface area (Å²) in [6.07, 6.45) is 17.6. The topological polar surface area (TPSA) is 35.5 Å². The maximum atomic E-state index is 12.3. The largest absolute Gasteiger partial charge is 0.462 e. The van der Waals surface area contributed by atoms with E-state index in [1.165, 1.54) is 12.8 Å². The summed E-state index contributed by atoms with van der Waals surface area (Å²) >= 11 is 0. The molecule has 0 amide bonds. The molecule has 0 bridgehead atoms. The summed E-state index contributed by atoms with van der Waals surface area (Å²) in [5.74, 6) is 2.56. The van der Waals surface area contributed by atoms with Crippen LogP contribution in [0.5, 0.6) is 0 Å². The van der Waals surface area contributed by atoms with Crippen LogP contribution in [0.1, 0.15) is 73.1 Å². The van der Waals surface area contributed by atoms with Crippen molar-refractivity contribution < 1.29 is 13.7 Å². The first-order valence-corrected chi connectivity index (χ1v) is 13.8. The van der Waals surface area contributed by atoms with Gasteiger partial charge in [0, 0.05) is 11.2 Å². The monoisotopic (exact) mass is 422 g/mol. The Morgan fingerprint density at radius 3 is 2.59 bits per heavy atom. The smallest absolute Gasteiger partial charge is 0.308 e. The molecule has 1 saturated heterocycles. The predicted octanol–water partition coefficient (Wildman–Crippen LogP) is 6.43. The molecule has 0 saturated carbocycles. The minimum Gasteiger partial charge on any atom is -0.462 e. The highest BCUT2D eigenvalue weighted by Crippen LogP contribution is 2.55. The predicted molar refractivity (Wildman–Crippen MR) is 124 cm³/mol. The summed E-state index contributed by atoms with van der Waals surface area (Å²) in [6.45, 7) is 11.4. The van der Waals surface area contributed by atoms with Crippen LogP contribution in [0, 0.1) is 23.7 Å². The molecular formula is C25H42O3S. The van der Waals surface area contributed by atoms with Crippen molar-refractivity contribution in [3.63, 3.8) is 0 Å². The van der Waals surface area contributed by atoms with Gasteiger partial charge >= 0.3 is 5.97 Å². The number of hydrogen-bond donors (Lipinski definition) is 0. The first-order chi connectivity index (χ1) is 13.5. The first kappa shape index (κ1) is 22.9. The van der Waals surface area contributed by atoms with Crippen molar-refractivity contribution in [2.45, 2.75) is 90.1 Å². The van der Waals surface area contributed by atoms with Crippen molar-refractivity contribution in [2.24, 2.45) is 23.7 Å². The fourth-order valence-corrected chi connectivity index (χ4v) is 6.09. The summed E-state index contributed by atoms with van der Waals surface area (Å²) in [5.41, 5.74) is 1.55. The lowest BCUT2D eigenvalue weighted by Gasteiger charge is -2.47. The fourth-order valence-electron chi connectivity index (χ4n) is 4.98. The van der Waals surface area contributed by atoms with Crippen LogP contribution < -0.4 is 0 Å². The molecule has 166 valence electrons. The van der Waals surface area contributed by atoms with E-state index in [-0.39, 0.29) is 22.9 Å². The van der Waals surface area contributed by atoms with E-state index in [0.29, 0.717) is 30.1 Å². The molecule has 3 aliphatic rings. The number of allylic oxidation sites excluding steroid dienone is 4. The van der Waals surface area contributed by atoms with Crippen LogP contribution in [0.3, 0.4) is 0 Å². The molecule has 0 aromatic heterocycles. The SMILES string of the molecule is CC1C=CC2=C[C@H](C)CC[C@@H]2C1CC[C@@H]1CC(OS(C)(C)C(C)(C)C)CC(=O)O1. The average molecular weight is 423 g/mol. The van der Waals surface area contributed by atoms with Crippen LogP contribution in [0.25, 0.3) is 0 Å². The minimum absolute atomic E-state index is 0.000127. The van der Waals surface area contributed by atoms with Crippen molar-refractivity contribution in [1.82, 2.24) is 0 Å². The highest BCUT2D eigenvalue weighted by molar-refractivity contribution is 8.29. The second kappa shape index (κ2) is 8.78. The van der Waals surface area contributed by atoms with E-state index in [9.17, 15) is 4.79 Å². The van der Waals surface area contributed by atoms with E-state index in [1.54, 1.807) is 5.57 Å². The number of cyclic esters (lactones) is 1. The third kappa shape index (κ3) is 5.50. The highest BCUT2D eigenvalue weighted by Gasteiger charge is 2.38. The molecule has 3 unspecified atom stereocenters. The summed E-state index contributed by atoms with van der Waals surface area (Å²) in [7, 11) is -1.23. The van der Waals surface area contributed by atoms with Crippen molar-refractivity contribution in [2.75, 3.05) is 12.5 Å². The number of rotatable bonds is 5. The van der Waals surface area contributed by atoms with Crippen LogP contribution in [0.2, 0.25) is 0 Å². The van der Waals surface area contributed by atoms with Gasteiger partial charge in [0.25, 0.3) is 0 Å². The van der Waals surface area contributed by atoms with Crippen LogP contribution >= 0.6 is 10.3 Å².